The maximum absolute atomic E-state index is 3.75. The number of nitrogens with zero attached hydrogens (tertiary/aromatic N) is 3. The van der Waals surface area contributed by atoms with Gasteiger partial charge in [0.15, 0.2) is 5.16 Å². The van der Waals surface area contributed by atoms with Crippen LogP contribution < -0.4 is 0 Å². The zero-order valence-electron chi connectivity index (χ0n) is 4.75. The van der Waals surface area contributed by atoms with Crippen LogP contribution in [0.5, 0.6) is 0 Å². The lowest BCUT2D eigenvalue weighted by atomic mass is 11.1. The van der Waals surface area contributed by atoms with Crippen LogP contribution in [0.1, 0.15) is 0 Å². The number of hydrogen-bond acceptors (Lipinski definition) is 3. The molecule has 0 spiro atoms. The molecule has 0 atom stereocenters. The monoisotopic (exact) mass is 128 g/mol. The molecule has 1 radical (unpaired) electrons. The maximum Gasteiger partial charge on any atom is 0.202 e. The SMILES string of the molecule is CSc1nn[c]n1C. The Labute approximate surface area is 52.1 Å². The molecule has 3 nitrogen and oxygen atoms in total. The Morgan fingerprint density at radius 3 is 2.75 bits per heavy atom. The van der Waals surface area contributed by atoms with Crippen molar-refractivity contribution in [1.82, 2.24) is 14.8 Å². The van der Waals surface area contributed by atoms with Crippen LogP contribution in [-0.4, -0.2) is 21.0 Å². The van der Waals surface area contributed by atoms with Gasteiger partial charge < -0.3 is 4.57 Å². The van der Waals surface area contributed by atoms with E-state index in [1.54, 1.807) is 16.3 Å². The number of aryl methyl sites for hydroxylation is 1. The van der Waals surface area contributed by atoms with Crippen LogP contribution in [0.4, 0.5) is 0 Å². The van der Waals surface area contributed by atoms with E-state index < -0.39 is 0 Å². The van der Waals surface area contributed by atoms with Gasteiger partial charge in [0.25, 0.3) is 0 Å². The van der Waals surface area contributed by atoms with E-state index >= 15 is 0 Å². The van der Waals surface area contributed by atoms with Crippen LogP contribution in [0.2, 0.25) is 0 Å². The topological polar surface area (TPSA) is 30.7 Å². The zero-order chi connectivity index (χ0) is 5.98. The first kappa shape index (κ1) is 5.62. The molecule has 0 fully saturated rings. The molecule has 0 saturated heterocycles. The van der Waals surface area contributed by atoms with Crippen LogP contribution >= 0.6 is 11.8 Å². The highest BCUT2D eigenvalue weighted by Gasteiger charge is 1.94. The molecule has 0 saturated carbocycles. The summed E-state index contributed by atoms with van der Waals surface area (Å²) >= 11 is 1.56. The molecule has 1 rings (SSSR count). The molecule has 0 aromatic carbocycles. The van der Waals surface area contributed by atoms with E-state index in [2.05, 4.69) is 16.5 Å². The molecular formula is C4H6N3S. The maximum atomic E-state index is 3.75. The molecular weight excluding hydrogens is 122 g/mol. The quantitative estimate of drug-likeness (QED) is 0.511. The minimum Gasteiger partial charge on any atom is -0.303 e. The lowest BCUT2D eigenvalue weighted by molar-refractivity contribution is 0.785. The Kier molecular flexibility index (Phi) is 1.53. The van der Waals surface area contributed by atoms with Gasteiger partial charge in [-0.05, 0) is 6.26 Å². The molecule has 0 amide bonds. The van der Waals surface area contributed by atoms with E-state index in [-0.39, 0.29) is 0 Å². The summed E-state index contributed by atoms with van der Waals surface area (Å²) in [7, 11) is 1.87. The molecule has 0 aliphatic rings. The second kappa shape index (κ2) is 2.17. The fraction of sp³-hybridized carbons (Fsp3) is 0.500. The van der Waals surface area contributed by atoms with Crippen molar-refractivity contribution in [3.8, 4) is 0 Å². The highest BCUT2D eigenvalue weighted by molar-refractivity contribution is 7.98. The van der Waals surface area contributed by atoms with Crippen LogP contribution in [0, 0.1) is 6.33 Å². The predicted octanol–water partition coefficient (Wildman–Crippen LogP) is 0.337. The lowest BCUT2D eigenvalue weighted by Crippen LogP contribution is -1.86. The van der Waals surface area contributed by atoms with Gasteiger partial charge in [-0.2, -0.15) is 0 Å². The third-order valence-corrected chi connectivity index (χ3v) is 1.52. The van der Waals surface area contributed by atoms with Gasteiger partial charge in [0, 0.05) is 7.05 Å². The first-order chi connectivity index (χ1) is 3.84. The van der Waals surface area contributed by atoms with E-state index in [1.807, 2.05) is 13.3 Å². The van der Waals surface area contributed by atoms with Crippen LogP contribution in [0.15, 0.2) is 5.16 Å². The van der Waals surface area contributed by atoms with Crippen molar-refractivity contribution in [3.05, 3.63) is 6.33 Å². The molecule has 0 bridgehead atoms. The van der Waals surface area contributed by atoms with Crippen LogP contribution in [-0.2, 0) is 7.05 Å². The van der Waals surface area contributed by atoms with Crippen molar-refractivity contribution in [2.75, 3.05) is 6.26 Å². The zero-order valence-corrected chi connectivity index (χ0v) is 5.57. The summed E-state index contributed by atoms with van der Waals surface area (Å²) in [5.74, 6) is 0. The smallest absolute Gasteiger partial charge is 0.202 e. The van der Waals surface area contributed by atoms with Gasteiger partial charge >= 0.3 is 0 Å². The Balaban J connectivity index is 2.92. The molecule has 1 aromatic heterocycles. The Hall–Kier alpha value is -0.510. The summed E-state index contributed by atoms with van der Waals surface area (Å²) < 4.78 is 1.75. The molecule has 1 aromatic rings. The van der Waals surface area contributed by atoms with Crippen molar-refractivity contribution >= 4 is 11.8 Å². The molecule has 8 heavy (non-hydrogen) atoms. The number of hydrogen-bond donors (Lipinski definition) is 0. The Morgan fingerprint density at radius 1 is 1.75 bits per heavy atom. The number of aromatic nitrogens is 3. The first-order valence-corrected chi connectivity index (χ1v) is 3.38. The molecule has 0 aliphatic carbocycles. The van der Waals surface area contributed by atoms with Crippen molar-refractivity contribution < 1.29 is 0 Å². The Bertz CT molecular complexity index is 172. The predicted molar refractivity (Wildman–Crippen MR) is 31.6 cm³/mol. The van der Waals surface area contributed by atoms with E-state index in [0.717, 1.165) is 5.16 Å². The minimum atomic E-state index is 0.894. The molecule has 0 N–H and O–H groups in total. The fourth-order valence-corrected chi connectivity index (χ4v) is 0.857. The summed E-state index contributed by atoms with van der Waals surface area (Å²) in [6.45, 7) is 0. The summed E-state index contributed by atoms with van der Waals surface area (Å²) in [4.78, 5) is 0. The molecule has 0 unspecified atom stereocenters. The van der Waals surface area contributed by atoms with Crippen LogP contribution in [0.25, 0.3) is 0 Å². The van der Waals surface area contributed by atoms with Gasteiger partial charge in [0.1, 0.15) is 0 Å². The fourth-order valence-electron chi connectivity index (χ4n) is 0.420. The lowest BCUT2D eigenvalue weighted by Gasteiger charge is -1.88. The van der Waals surface area contributed by atoms with Crippen molar-refractivity contribution in [1.29, 1.82) is 0 Å². The first-order valence-electron chi connectivity index (χ1n) is 2.15. The second-order valence-corrected chi connectivity index (χ2v) is 2.12. The standard InChI is InChI=1S/C4H6N3S/c1-7-3-5-6-4(7)8-2/h1-2H3. The second-order valence-electron chi connectivity index (χ2n) is 1.35. The summed E-state index contributed by atoms with van der Waals surface area (Å²) in [5, 5.41) is 8.21. The highest BCUT2D eigenvalue weighted by atomic mass is 32.2. The molecule has 43 valence electrons. The van der Waals surface area contributed by atoms with Crippen molar-refractivity contribution in [3.63, 3.8) is 0 Å². The third kappa shape index (κ3) is 0.838. The van der Waals surface area contributed by atoms with E-state index in [1.165, 1.54) is 0 Å². The molecule has 0 aliphatic heterocycles. The van der Waals surface area contributed by atoms with E-state index in [4.69, 9.17) is 0 Å². The van der Waals surface area contributed by atoms with E-state index in [9.17, 15) is 0 Å². The van der Waals surface area contributed by atoms with Crippen molar-refractivity contribution in [2.24, 2.45) is 7.05 Å². The molecule has 1 heterocycles. The summed E-state index contributed by atoms with van der Waals surface area (Å²) in [6.07, 6.45) is 4.61. The van der Waals surface area contributed by atoms with Gasteiger partial charge in [-0.3, -0.25) is 0 Å². The van der Waals surface area contributed by atoms with Crippen molar-refractivity contribution in [2.45, 2.75) is 5.16 Å². The van der Waals surface area contributed by atoms with Gasteiger partial charge in [-0.25, -0.2) is 0 Å². The number of rotatable bonds is 1. The van der Waals surface area contributed by atoms with Crippen LogP contribution in [0.3, 0.4) is 0 Å². The summed E-state index contributed by atoms with van der Waals surface area (Å²) in [5.41, 5.74) is 0. The van der Waals surface area contributed by atoms with E-state index in [0.29, 0.717) is 0 Å². The third-order valence-electron chi connectivity index (χ3n) is 0.800. The number of thioether (sulfide) groups is 1. The highest BCUT2D eigenvalue weighted by Crippen LogP contribution is 2.06. The average Bonchev–Trinajstić information content (AvgIpc) is 2.14. The van der Waals surface area contributed by atoms with Gasteiger partial charge in [0.05, 0.1) is 0 Å². The largest absolute Gasteiger partial charge is 0.303 e. The van der Waals surface area contributed by atoms with Gasteiger partial charge in [-0.15, -0.1) is 10.2 Å². The average molecular weight is 128 g/mol. The normalized spacial score (nSPS) is 9.75. The Morgan fingerprint density at radius 2 is 2.50 bits per heavy atom. The van der Waals surface area contributed by atoms with Gasteiger partial charge in [0.2, 0.25) is 6.33 Å². The van der Waals surface area contributed by atoms with Gasteiger partial charge in [-0.1, -0.05) is 11.8 Å². The minimum absolute atomic E-state index is 0.894. The molecule has 4 heteroatoms. The summed E-state index contributed by atoms with van der Waals surface area (Å²) in [6, 6.07) is 0.